The van der Waals surface area contributed by atoms with Crippen molar-refractivity contribution in [3.8, 4) is 0 Å². The van der Waals surface area contributed by atoms with Gasteiger partial charge in [0, 0.05) is 17.0 Å². The van der Waals surface area contributed by atoms with Crippen LogP contribution in [0.1, 0.15) is 23.3 Å². The molecule has 27 heavy (non-hydrogen) atoms. The molecule has 0 atom stereocenters. The standard InChI is InChI=1S/C20H16ClN3O3/c1-2-24(11-18-22-15-6-4-3-5-14(15)19(25)23-18)20(26)17-10-12-9-13(21)7-8-16(12)27-17/h3-10H,2,11H2,1H3,(H,22,23,25). The smallest absolute Gasteiger partial charge is 0.290 e. The van der Waals surface area contributed by atoms with Crippen LogP contribution in [0.4, 0.5) is 0 Å². The lowest BCUT2D eigenvalue weighted by molar-refractivity contribution is 0.0718. The molecule has 1 N–H and O–H groups in total. The molecule has 4 aromatic rings. The summed E-state index contributed by atoms with van der Waals surface area (Å²) in [7, 11) is 0. The van der Waals surface area contributed by atoms with E-state index in [0.29, 0.717) is 33.9 Å². The summed E-state index contributed by atoms with van der Waals surface area (Å²) in [5.41, 5.74) is 0.964. The number of para-hydroxylation sites is 1. The molecule has 0 saturated carbocycles. The predicted octanol–water partition coefficient (Wildman–Crippen LogP) is 3.99. The molecule has 2 aromatic carbocycles. The van der Waals surface area contributed by atoms with E-state index in [1.807, 2.05) is 13.0 Å². The lowest BCUT2D eigenvalue weighted by Gasteiger charge is -2.19. The highest BCUT2D eigenvalue weighted by Gasteiger charge is 2.20. The third kappa shape index (κ3) is 3.31. The molecule has 2 aromatic heterocycles. The number of halogens is 1. The Labute approximate surface area is 159 Å². The van der Waals surface area contributed by atoms with Crippen molar-refractivity contribution in [2.75, 3.05) is 6.54 Å². The molecule has 0 aliphatic carbocycles. The van der Waals surface area contributed by atoms with E-state index in [9.17, 15) is 9.59 Å². The summed E-state index contributed by atoms with van der Waals surface area (Å²) in [5.74, 6) is 0.367. The fourth-order valence-electron chi connectivity index (χ4n) is 2.99. The summed E-state index contributed by atoms with van der Waals surface area (Å²) in [6.45, 7) is 2.47. The van der Waals surface area contributed by atoms with E-state index in [-0.39, 0.29) is 23.8 Å². The second kappa shape index (κ2) is 6.89. The molecular weight excluding hydrogens is 366 g/mol. The number of fused-ring (bicyclic) bond motifs is 2. The van der Waals surface area contributed by atoms with Crippen LogP contribution < -0.4 is 5.56 Å². The van der Waals surface area contributed by atoms with Crippen molar-refractivity contribution >= 4 is 39.4 Å². The third-order valence-corrected chi connectivity index (χ3v) is 4.60. The Morgan fingerprint density at radius 1 is 1.22 bits per heavy atom. The Bertz CT molecular complexity index is 1210. The van der Waals surface area contributed by atoms with Crippen molar-refractivity contribution in [1.29, 1.82) is 0 Å². The number of carbonyl (C=O) groups excluding carboxylic acids is 1. The lowest BCUT2D eigenvalue weighted by atomic mass is 10.2. The number of H-pyrrole nitrogens is 1. The van der Waals surface area contributed by atoms with E-state index in [0.717, 1.165) is 5.39 Å². The zero-order valence-corrected chi connectivity index (χ0v) is 15.3. The Kier molecular flexibility index (Phi) is 4.41. The molecule has 0 aliphatic heterocycles. The van der Waals surface area contributed by atoms with Crippen LogP contribution in [0.5, 0.6) is 0 Å². The molecule has 0 saturated heterocycles. The maximum Gasteiger partial charge on any atom is 0.290 e. The molecular formula is C20H16ClN3O3. The minimum absolute atomic E-state index is 0.174. The van der Waals surface area contributed by atoms with Gasteiger partial charge < -0.3 is 14.3 Å². The Hall–Kier alpha value is -3.12. The van der Waals surface area contributed by atoms with Gasteiger partial charge in [-0.25, -0.2) is 4.98 Å². The van der Waals surface area contributed by atoms with Crippen molar-refractivity contribution in [1.82, 2.24) is 14.9 Å². The number of benzene rings is 2. The highest BCUT2D eigenvalue weighted by molar-refractivity contribution is 6.31. The van der Waals surface area contributed by atoms with E-state index in [1.54, 1.807) is 47.4 Å². The zero-order chi connectivity index (χ0) is 19.0. The number of aromatic nitrogens is 2. The van der Waals surface area contributed by atoms with Crippen molar-refractivity contribution < 1.29 is 9.21 Å². The van der Waals surface area contributed by atoms with Gasteiger partial charge in [0.05, 0.1) is 17.4 Å². The topological polar surface area (TPSA) is 79.2 Å². The van der Waals surface area contributed by atoms with Gasteiger partial charge in [-0.3, -0.25) is 9.59 Å². The fraction of sp³-hybridized carbons (Fsp3) is 0.150. The number of carbonyl (C=O) groups is 1. The minimum Gasteiger partial charge on any atom is -0.451 e. The third-order valence-electron chi connectivity index (χ3n) is 4.36. The van der Waals surface area contributed by atoms with Gasteiger partial charge in [-0.2, -0.15) is 0 Å². The second-order valence-corrected chi connectivity index (χ2v) is 6.58. The number of hydrogen-bond donors (Lipinski definition) is 1. The van der Waals surface area contributed by atoms with E-state index in [1.165, 1.54) is 0 Å². The first-order valence-corrected chi connectivity index (χ1v) is 8.89. The average Bonchev–Trinajstić information content (AvgIpc) is 3.09. The van der Waals surface area contributed by atoms with E-state index in [2.05, 4.69) is 9.97 Å². The number of furan rings is 1. The quantitative estimate of drug-likeness (QED) is 0.579. The largest absolute Gasteiger partial charge is 0.451 e. The lowest BCUT2D eigenvalue weighted by Crippen LogP contribution is -2.31. The zero-order valence-electron chi connectivity index (χ0n) is 14.5. The van der Waals surface area contributed by atoms with E-state index >= 15 is 0 Å². The normalized spacial score (nSPS) is 11.2. The SMILES string of the molecule is CCN(Cc1nc2ccccc2c(=O)[nH]1)C(=O)c1cc2cc(Cl)ccc2o1. The second-order valence-electron chi connectivity index (χ2n) is 6.14. The monoisotopic (exact) mass is 381 g/mol. The number of nitrogens with zero attached hydrogens (tertiary/aromatic N) is 2. The molecule has 136 valence electrons. The van der Waals surface area contributed by atoms with Crippen molar-refractivity contribution in [3.05, 3.63) is 75.5 Å². The van der Waals surface area contributed by atoms with Crippen LogP contribution in [0.15, 0.2) is 57.7 Å². The van der Waals surface area contributed by atoms with Gasteiger partial charge in [0.15, 0.2) is 5.76 Å². The Balaban J connectivity index is 1.65. The first-order valence-electron chi connectivity index (χ1n) is 8.51. The van der Waals surface area contributed by atoms with E-state index < -0.39 is 0 Å². The van der Waals surface area contributed by atoms with Gasteiger partial charge in [-0.1, -0.05) is 23.7 Å². The molecule has 0 spiro atoms. The molecule has 4 rings (SSSR count). The first kappa shape index (κ1) is 17.3. The molecule has 6 nitrogen and oxygen atoms in total. The summed E-state index contributed by atoms with van der Waals surface area (Å²) in [6, 6.07) is 14.0. The first-order chi connectivity index (χ1) is 13.0. The van der Waals surface area contributed by atoms with Crippen molar-refractivity contribution in [2.45, 2.75) is 13.5 Å². The van der Waals surface area contributed by atoms with Gasteiger partial charge in [0.1, 0.15) is 11.4 Å². The van der Waals surface area contributed by atoms with Crippen LogP contribution in [0.25, 0.3) is 21.9 Å². The predicted molar refractivity (Wildman–Crippen MR) is 104 cm³/mol. The minimum atomic E-state index is -0.277. The summed E-state index contributed by atoms with van der Waals surface area (Å²) < 4.78 is 5.66. The molecule has 0 bridgehead atoms. The summed E-state index contributed by atoms with van der Waals surface area (Å²) >= 11 is 5.99. The van der Waals surface area contributed by atoms with Crippen molar-refractivity contribution in [3.63, 3.8) is 0 Å². The van der Waals surface area contributed by atoms with Gasteiger partial charge >= 0.3 is 0 Å². The van der Waals surface area contributed by atoms with Crippen LogP contribution in [0.2, 0.25) is 5.02 Å². The Morgan fingerprint density at radius 3 is 2.85 bits per heavy atom. The van der Waals surface area contributed by atoms with E-state index in [4.69, 9.17) is 16.0 Å². The highest BCUT2D eigenvalue weighted by atomic mass is 35.5. The summed E-state index contributed by atoms with van der Waals surface area (Å²) in [5, 5.41) is 1.86. The van der Waals surface area contributed by atoms with Gasteiger partial charge in [-0.15, -0.1) is 0 Å². The summed E-state index contributed by atoms with van der Waals surface area (Å²) in [4.78, 5) is 33.9. The molecule has 0 unspecified atom stereocenters. The molecule has 0 radical (unpaired) electrons. The molecule has 1 amide bonds. The summed E-state index contributed by atoms with van der Waals surface area (Å²) in [6.07, 6.45) is 0. The fourth-order valence-corrected chi connectivity index (χ4v) is 3.17. The Morgan fingerprint density at radius 2 is 2.04 bits per heavy atom. The number of nitrogens with one attached hydrogen (secondary N) is 1. The maximum atomic E-state index is 12.9. The molecule has 7 heteroatoms. The van der Waals surface area contributed by atoms with Crippen LogP contribution in [0, 0.1) is 0 Å². The number of rotatable bonds is 4. The maximum absolute atomic E-state index is 12.9. The molecule has 0 fully saturated rings. The van der Waals surface area contributed by atoms with Crippen LogP contribution in [-0.4, -0.2) is 27.3 Å². The van der Waals surface area contributed by atoms with Crippen LogP contribution >= 0.6 is 11.6 Å². The number of aromatic amines is 1. The highest BCUT2D eigenvalue weighted by Crippen LogP contribution is 2.24. The van der Waals surface area contributed by atoms with Crippen LogP contribution in [0.3, 0.4) is 0 Å². The molecule has 0 aliphatic rings. The number of amides is 1. The van der Waals surface area contributed by atoms with Gasteiger partial charge in [0.2, 0.25) is 0 Å². The number of hydrogen-bond acceptors (Lipinski definition) is 4. The van der Waals surface area contributed by atoms with Gasteiger partial charge in [-0.05, 0) is 43.3 Å². The van der Waals surface area contributed by atoms with Gasteiger partial charge in [0.25, 0.3) is 11.5 Å². The molecule has 2 heterocycles. The van der Waals surface area contributed by atoms with Crippen LogP contribution in [-0.2, 0) is 6.54 Å². The average molecular weight is 382 g/mol. The van der Waals surface area contributed by atoms with Crippen molar-refractivity contribution in [2.24, 2.45) is 0 Å².